The van der Waals surface area contributed by atoms with Crippen LogP contribution in [0, 0.1) is 0 Å². The van der Waals surface area contributed by atoms with Gasteiger partial charge in [-0.1, -0.05) is 6.07 Å². The number of hydrogen-bond donors (Lipinski definition) is 1. The highest BCUT2D eigenvalue weighted by molar-refractivity contribution is 5.16. The second-order valence-corrected chi connectivity index (χ2v) is 5.31. The Kier molecular flexibility index (Phi) is 3.96. The molecule has 2 aliphatic heterocycles. The second-order valence-electron chi connectivity index (χ2n) is 5.31. The molecule has 0 amide bonds. The molecular formula is C14H22N4O. The van der Waals surface area contributed by atoms with Crippen LogP contribution in [0.4, 0.5) is 0 Å². The van der Waals surface area contributed by atoms with E-state index < -0.39 is 0 Å². The standard InChI is InChI=1S/C14H22N4O/c1-19-14-4-2-3-12(16-14)9-17-10-13(11-17)18-7-5-15-6-8-18/h2-4,13,15H,5-11H2,1H3. The smallest absolute Gasteiger partial charge is 0.213 e. The Morgan fingerprint density at radius 2 is 2.11 bits per heavy atom. The van der Waals surface area contributed by atoms with Crippen molar-refractivity contribution in [1.82, 2.24) is 20.1 Å². The molecule has 0 saturated carbocycles. The zero-order valence-corrected chi connectivity index (χ0v) is 11.5. The highest BCUT2D eigenvalue weighted by Crippen LogP contribution is 2.18. The Bertz CT molecular complexity index is 414. The van der Waals surface area contributed by atoms with Gasteiger partial charge in [0.15, 0.2) is 0 Å². The van der Waals surface area contributed by atoms with Crippen LogP contribution in [0.25, 0.3) is 0 Å². The van der Waals surface area contributed by atoms with Gasteiger partial charge in [-0.05, 0) is 6.07 Å². The third-order valence-electron chi connectivity index (χ3n) is 3.98. The number of piperazine rings is 1. The summed E-state index contributed by atoms with van der Waals surface area (Å²) in [4.78, 5) is 9.52. The molecule has 2 saturated heterocycles. The SMILES string of the molecule is COc1cccc(CN2CC(N3CCNCC3)C2)n1. The minimum Gasteiger partial charge on any atom is -0.481 e. The Balaban J connectivity index is 1.48. The zero-order valence-electron chi connectivity index (χ0n) is 11.5. The Labute approximate surface area is 114 Å². The van der Waals surface area contributed by atoms with E-state index in [4.69, 9.17) is 4.74 Å². The highest BCUT2D eigenvalue weighted by atomic mass is 16.5. The lowest BCUT2D eigenvalue weighted by molar-refractivity contribution is 0.0215. The van der Waals surface area contributed by atoms with E-state index in [2.05, 4.69) is 26.2 Å². The average Bonchev–Trinajstić information content (AvgIpc) is 2.43. The molecule has 0 aliphatic carbocycles. The monoisotopic (exact) mass is 262 g/mol. The third-order valence-corrected chi connectivity index (χ3v) is 3.98. The van der Waals surface area contributed by atoms with Crippen molar-refractivity contribution in [3.05, 3.63) is 23.9 Å². The fourth-order valence-electron chi connectivity index (χ4n) is 2.84. The number of methoxy groups -OCH3 is 1. The lowest BCUT2D eigenvalue weighted by atomic mass is 10.1. The molecule has 3 rings (SSSR count). The van der Waals surface area contributed by atoms with E-state index in [-0.39, 0.29) is 0 Å². The van der Waals surface area contributed by atoms with E-state index >= 15 is 0 Å². The van der Waals surface area contributed by atoms with E-state index in [9.17, 15) is 0 Å². The quantitative estimate of drug-likeness (QED) is 0.838. The number of hydrogen-bond acceptors (Lipinski definition) is 5. The van der Waals surface area contributed by atoms with Crippen LogP contribution in [0.15, 0.2) is 18.2 Å². The molecule has 5 nitrogen and oxygen atoms in total. The van der Waals surface area contributed by atoms with Crippen molar-refractivity contribution < 1.29 is 4.74 Å². The molecule has 3 heterocycles. The van der Waals surface area contributed by atoms with Gasteiger partial charge in [-0.25, -0.2) is 4.98 Å². The van der Waals surface area contributed by atoms with Crippen LogP contribution in [0.3, 0.4) is 0 Å². The predicted octanol–water partition coefficient (Wildman–Crippen LogP) is 0.180. The number of pyridine rings is 1. The summed E-state index contributed by atoms with van der Waals surface area (Å²) in [6.07, 6.45) is 0. The van der Waals surface area contributed by atoms with Gasteiger partial charge < -0.3 is 10.1 Å². The van der Waals surface area contributed by atoms with Crippen LogP contribution < -0.4 is 10.1 Å². The van der Waals surface area contributed by atoms with Gasteiger partial charge in [-0.3, -0.25) is 9.80 Å². The lowest BCUT2D eigenvalue weighted by Gasteiger charge is -2.46. The maximum atomic E-state index is 5.16. The van der Waals surface area contributed by atoms with Crippen molar-refractivity contribution in [2.75, 3.05) is 46.4 Å². The predicted molar refractivity (Wildman–Crippen MR) is 74.3 cm³/mol. The summed E-state index contributed by atoms with van der Waals surface area (Å²) in [5.74, 6) is 0.705. The summed E-state index contributed by atoms with van der Waals surface area (Å²) in [6, 6.07) is 6.71. The first-order chi connectivity index (χ1) is 9.35. The molecule has 2 fully saturated rings. The topological polar surface area (TPSA) is 40.6 Å². The largest absolute Gasteiger partial charge is 0.481 e. The summed E-state index contributed by atoms with van der Waals surface area (Å²) in [5.41, 5.74) is 1.10. The molecule has 5 heteroatoms. The molecule has 19 heavy (non-hydrogen) atoms. The molecule has 0 spiro atoms. The number of likely N-dealkylation sites (tertiary alicyclic amines) is 1. The number of ether oxygens (including phenoxy) is 1. The Hall–Kier alpha value is -1.17. The van der Waals surface area contributed by atoms with Gasteiger partial charge in [0.25, 0.3) is 0 Å². The van der Waals surface area contributed by atoms with Crippen LogP contribution in [-0.2, 0) is 6.54 Å². The number of nitrogens with one attached hydrogen (secondary N) is 1. The highest BCUT2D eigenvalue weighted by Gasteiger charge is 2.32. The van der Waals surface area contributed by atoms with Crippen LogP contribution in [-0.4, -0.2) is 67.2 Å². The van der Waals surface area contributed by atoms with Gasteiger partial charge in [0.1, 0.15) is 0 Å². The summed E-state index contributed by atoms with van der Waals surface area (Å²) in [7, 11) is 1.66. The second kappa shape index (κ2) is 5.86. The van der Waals surface area contributed by atoms with Gasteiger partial charge in [-0.15, -0.1) is 0 Å². The molecular weight excluding hydrogens is 240 g/mol. The van der Waals surface area contributed by atoms with Crippen molar-refractivity contribution in [1.29, 1.82) is 0 Å². The zero-order chi connectivity index (χ0) is 13.1. The fourth-order valence-corrected chi connectivity index (χ4v) is 2.84. The fraction of sp³-hybridized carbons (Fsp3) is 0.643. The molecule has 0 atom stereocenters. The first kappa shape index (κ1) is 12.8. The molecule has 0 radical (unpaired) electrons. The minimum absolute atomic E-state index is 0.705. The molecule has 104 valence electrons. The number of rotatable bonds is 4. The van der Waals surface area contributed by atoms with Crippen molar-refractivity contribution in [2.45, 2.75) is 12.6 Å². The molecule has 0 aromatic carbocycles. The van der Waals surface area contributed by atoms with Crippen LogP contribution in [0.2, 0.25) is 0 Å². The average molecular weight is 262 g/mol. The van der Waals surface area contributed by atoms with E-state index in [1.54, 1.807) is 7.11 Å². The van der Waals surface area contributed by atoms with Crippen LogP contribution >= 0.6 is 0 Å². The molecule has 1 N–H and O–H groups in total. The summed E-state index contributed by atoms with van der Waals surface area (Å²) in [6.45, 7) is 7.91. The van der Waals surface area contributed by atoms with Crippen LogP contribution in [0.1, 0.15) is 5.69 Å². The maximum Gasteiger partial charge on any atom is 0.213 e. The van der Waals surface area contributed by atoms with Crippen LogP contribution in [0.5, 0.6) is 5.88 Å². The number of aromatic nitrogens is 1. The third kappa shape index (κ3) is 3.05. The molecule has 1 aromatic rings. The minimum atomic E-state index is 0.705. The Morgan fingerprint density at radius 1 is 1.32 bits per heavy atom. The number of nitrogens with zero attached hydrogens (tertiary/aromatic N) is 3. The molecule has 0 bridgehead atoms. The lowest BCUT2D eigenvalue weighted by Crippen LogP contribution is -2.62. The first-order valence-corrected chi connectivity index (χ1v) is 7.02. The van der Waals surface area contributed by atoms with Crippen molar-refractivity contribution >= 4 is 0 Å². The normalized spacial score (nSPS) is 22.2. The first-order valence-electron chi connectivity index (χ1n) is 7.02. The summed E-state index contributed by atoms with van der Waals surface area (Å²) >= 11 is 0. The van der Waals surface area contributed by atoms with Gasteiger partial charge in [0, 0.05) is 57.9 Å². The van der Waals surface area contributed by atoms with E-state index in [0.717, 1.165) is 31.4 Å². The summed E-state index contributed by atoms with van der Waals surface area (Å²) in [5, 5.41) is 3.40. The molecule has 0 unspecified atom stereocenters. The van der Waals surface area contributed by atoms with Crippen molar-refractivity contribution in [3.63, 3.8) is 0 Å². The van der Waals surface area contributed by atoms with Crippen molar-refractivity contribution in [3.8, 4) is 5.88 Å². The molecule has 1 aromatic heterocycles. The molecule has 2 aliphatic rings. The van der Waals surface area contributed by atoms with Gasteiger partial charge in [-0.2, -0.15) is 0 Å². The van der Waals surface area contributed by atoms with Crippen molar-refractivity contribution in [2.24, 2.45) is 0 Å². The van der Waals surface area contributed by atoms with E-state index in [1.165, 1.54) is 26.2 Å². The van der Waals surface area contributed by atoms with Gasteiger partial charge in [0.05, 0.1) is 12.8 Å². The summed E-state index contributed by atoms with van der Waals surface area (Å²) < 4.78 is 5.16. The van der Waals surface area contributed by atoms with Gasteiger partial charge >= 0.3 is 0 Å². The van der Waals surface area contributed by atoms with E-state index in [1.807, 2.05) is 12.1 Å². The van der Waals surface area contributed by atoms with E-state index in [0.29, 0.717) is 5.88 Å². The Morgan fingerprint density at radius 3 is 2.84 bits per heavy atom. The van der Waals surface area contributed by atoms with Gasteiger partial charge in [0.2, 0.25) is 5.88 Å². The maximum absolute atomic E-state index is 5.16.